The first-order valence-corrected chi connectivity index (χ1v) is 3.77. The van der Waals surface area contributed by atoms with Crippen molar-refractivity contribution in [2.24, 2.45) is 5.73 Å². The summed E-state index contributed by atoms with van der Waals surface area (Å²) in [6.45, 7) is 1.31. The van der Waals surface area contributed by atoms with E-state index >= 15 is 0 Å². The van der Waals surface area contributed by atoms with E-state index in [0.717, 1.165) is 0 Å². The van der Waals surface area contributed by atoms with E-state index in [4.69, 9.17) is 10.5 Å². The zero-order valence-corrected chi connectivity index (χ0v) is 7.21. The Hall–Kier alpha value is -1.58. The van der Waals surface area contributed by atoms with E-state index < -0.39 is 11.7 Å². The maximum Gasteiger partial charge on any atom is 0.255 e. The van der Waals surface area contributed by atoms with E-state index in [1.807, 2.05) is 0 Å². The molecular weight excluding hydrogens is 173 g/mol. The molecule has 0 spiro atoms. The number of hydrogen-bond donors (Lipinski definition) is 1. The standard InChI is InChI=1S/C9H10FNO2/c1-6-3-2-4-7(9(6)10)13-5-8(11)12/h2-4H,5H2,1H3,(H2,11,12). The summed E-state index contributed by atoms with van der Waals surface area (Å²) in [4.78, 5) is 10.3. The summed E-state index contributed by atoms with van der Waals surface area (Å²) in [7, 11) is 0. The first kappa shape index (κ1) is 9.51. The fourth-order valence-corrected chi connectivity index (χ4v) is 0.881. The van der Waals surface area contributed by atoms with Crippen LogP contribution in [0.15, 0.2) is 18.2 Å². The lowest BCUT2D eigenvalue weighted by molar-refractivity contribution is -0.120. The molecule has 0 heterocycles. The van der Waals surface area contributed by atoms with Gasteiger partial charge in [0.2, 0.25) is 0 Å². The van der Waals surface area contributed by atoms with E-state index in [2.05, 4.69) is 0 Å². The minimum Gasteiger partial charge on any atom is -0.481 e. The minimum absolute atomic E-state index is 0.0544. The van der Waals surface area contributed by atoms with Gasteiger partial charge in [-0.2, -0.15) is 0 Å². The summed E-state index contributed by atoms with van der Waals surface area (Å²) in [6.07, 6.45) is 0. The van der Waals surface area contributed by atoms with Crippen molar-refractivity contribution in [3.05, 3.63) is 29.6 Å². The van der Waals surface area contributed by atoms with Gasteiger partial charge in [-0.1, -0.05) is 12.1 Å². The van der Waals surface area contributed by atoms with Crippen molar-refractivity contribution >= 4 is 5.91 Å². The summed E-state index contributed by atoms with van der Waals surface area (Å²) in [5, 5.41) is 0. The highest BCUT2D eigenvalue weighted by molar-refractivity contribution is 5.75. The van der Waals surface area contributed by atoms with Crippen molar-refractivity contribution in [3.63, 3.8) is 0 Å². The van der Waals surface area contributed by atoms with Gasteiger partial charge < -0.3 is 10.5 Å². The Morgan fingerprint density at radius 1 is 1.62 bits per heavy atom. The third-order valence-electron chi connectivity index (χ3n) is 1.53. The Labute approximate surface area is 75.3 Å². The highest BCUT2D eigenvalue weighted by Crippen LogP contribution is 2.19. The maximum atomic E-state index is 13.2. The number of halogens is 1. The molecule has 2 N–H and O–H groups in total. The number of rotatable bonds is 3. The number of ether oxygens (including phenoxy) is 1. The van der Waals surface area contributed by atoms with Crippen LogP contribution in [0.5, 0.6) is 5.75 Å². The van der Waals surface area contributed by atoms with Crippen LogP contribution < -0.4 is 10.5 Å². The lowest BCUT2D eigenvalue weighted by Crippen LogP contribution is -2.20. The van der Waals surface area contributed by atoms with Crippen molar-refractivity contribution < 1.29 is 13.9 Å². The van der Waals surface area contributed by atoms with Crippen molar-refractivity contribution in [1.82, 2.24) is 0 Å². The van der Waals surface area contributed by atoms with Crippen LogP contribution >= 0.6 is 0 Å². The molecule has 0 aliphatic carbocycles. The number of amides is 1. The van der Waals surface area contributed by atoms with Gasteiger partial charge in [-0.25, -0.2) is 4.39 Å². The normalized spacial score (nSPS) is 9.69. The van der Waals surface area contributed by atoms with Crippen molar-refractivity contribution in [2.45, 2.75) is 6.92 Å². The van der Waals surface area contributed by atoms with E-state index in [1.165, 1.54) is 6.07 Å². The van der Waals surface area contributed by atoms with Crippen LogP contribution in [-0.4, -0.2) is 12.5 Å². The number of benzene rings is 1. The first-order valence-electron chi connectivity index (χ1n) is 3.77. The SMILES string of the molecule is Cc1cccc(OCC(N)=O)c1F. The van der Waals surface area contributed by atoms with Gasteiger partial charge in [0.05, 0.1) is 0 Å². The van der Waals surface area contributed by atoms with Gasteiger partial charge in [-0.05, 0) is 18.6 Å². The highest BCUT2D eigenvalue weighted by atomic mass is 19.1. The van der Waals surface area contributed by atoms with E-state index in [1.54, 1.807) is 19.1 Å². The molecule has 1 aromatic carbocycles. The number of carbonyl (C=O) groups is 1. The Morgan fingerprint density at radius 2 is 2.31 bits per heavy atom. The second-order valence-electron chi connectivity index (χ2n) is 2.64. The lowest BCUT2D eigenvalue weighted by atomic mass is 10.2. The zero-order chi connectivity index (χ0) is 9.84. The molecule has 1 amide bonds. The van der Waals surface area contributed by atoms with Gasteiger partial charge in [0, 0.05) is 0 Å². The number of aryl methyl sites for hydroxylation is 1. The molecule has 0 atom stereocenters. The third-order valence-corrected chi connectivity index (χ3v) is 1.53. The second-order valence-corrected chi connectivity index (χ2v) is 2.64. The van der Waals surface area contributed by atoms with Crippen molar-refractivity contribution in [2.75, 3.05) is 6.61 Å². The number of carbonyl (C=O) groups excluding carboxylic acids is 1. The molecule has 0 bridgehead atoms. The lowest BCUT2D eigenvalue weighted by Gasteiger charge is -2.05. The van der Waals surface area contributed by atoms with Crippen molar-refractivity contribution in [3.8, 4) is 5.75 Å². The summed E-state index contributed by atoms with van der Waals surface area (Å²) in [5.74, 6) is -1.02. The van der Waals surface area contributed by atoms with Gasteiger partial charge >= 0.3 is 0 Å². The Kier molecular flexibility index (Phi) is 2.84. The van der Waals surface area contributed by atoms with Crippen LogP contribution in [0.25, 0.3) is 0 Å². The monoisotopic (exact) mass is 183 g/mol. The minimum atomic E-state index is -0.624. The van der Waals surface area contributed by atoms with Crippen LogP contribution in [0.2, 0.25) is 0 Å². The predicted molar refractivity (Wildman–Crippen MR) is 45.8 cm³/mol. The Bertz CT molecular complexity index is 325. The first-order chi connectivity index (χ1) is 6.11. The quantitative estimate of drug-likeness (QED) is 0.759. The average molecular weight is 183 g/mol. The molecule has 0 aromatic heterocycles. The molecule has 0 fully saturated rings. The van der Waals surface area contributed by atoms with Gasteiger partial charge in [0.15, 0.2) is 18.2 Å². The number of nitrogens with two attached hydrogens (primary N) is 1. The van der Waals surface area contributed by atoms with Gasteiger partial charge in [-0.15, -0.1) is 0 Å². The summed E-state index contributed by atoms with van der Waals surface area (Å²) in [6, 6.07) is 4.71. The molecule has 0 unspecified atom stereocenters. The van der Waals surface area contributed by atoms with Gasteiger partial charge in [-0.3, -0.25) is 4.79 Å². The predicted octanol–water partition coefficient (Wildman–Crippen LogP) is 0.998. The Morgan fingerprint density at radius 3 is 2.92 bits per heavy atom. The molecule has 0 saturated heterocycles. The van der Waals surface area contributed by atoms with Crippen LogP contribution in [0.3, 0.4) is 0 Å². The molecule has 13 heavy (non-hydrogen) atoms. The van der Waals surface area contributed by atoms with Crippen LogP contribution in [0, 0.1) is 12.7 Å². The van der Waals surface area contributed by atoms with Crippen LogP contribution in [0.1, 0.15) is 5.56 Å². The summed E-state index contributed by atoms with van der Waals surface area (Å²) in [5.41, 5.74) is 5.32. The van der Waals surface area contributed by atoms with Gasteiger partial charge in [0.1, 0.15) is 0 Å². The van der Waals surface area contributed by atoms with Crippen LogP contribution in [0.4, 0.5) is 4.39 Å². The smallest absolute Gasteiger partial charge is 0.255 e. The molecule has 0 saturated carbocycles. The van der Waals surface area contributed by atoms with Crippen molar-refractivity contribution in [1.29, 1.82) is 0 Å². The largest absolute Gasteiger partial charge is 0.481 e. The van der Waals surface area contributed by atoms with E-state index in [0.29, 0.717) is 5.56 Å². The number of primary amides is 1. The molecule has 4 heteroatoms. The van der Waals surface area contributed by atoms with Crippen LogP contribution in [-0.2, 0) is 4.79 Å². The fourth-order valence-electron chi connectivity index (χ4n) is 0.881. The fraction of sp³-hybridized carbons (Fsp3) is 0.222. The topological polar surface area (TPSA) is 52.3 Å². The molecular formula is C9H10FNO2. The number of hydrogen-bond acceptors (Lipinski definition) is 2. The molecule has 0 radical (unpaired) electrons. The highest BCUT2D eigenvalue weighted by Gasteiger charge is 2.06. The third kappa shape index (κ3) is 2.43. The molecule has 0 aliphatic heterocycles. The maximum absolute atomic E-state index is 13.2. The summed E-state index contributed by atoms with van der Waals surface area (Å²) >= 11 is 0. The molecule has 70 valence electrons. The average Bonchev–Trinajstić information content (AvgIpc) is 2.07. The molecule has 1 rings (SSSR count). The van der Waals surface area contributed by atoms with E-state index in [9.17, 15) is 9.18 Å². The second kappa shape index (κ2) is 3.89. The summed E-state index contributed by atoms with van der Waals surface area (Å²) < 4.78 is 18.0. The zero-order valence-electron chi connectivity index (χ0n) is 7.21. The Balaban J connectivity index is 2.77. The molecule has 3 nitrogen and oxygen atoms in total. The van der Waals surface area contributed by atoms with Gasteiger partial charge in [0.25, 0.3) is 5.91 Å². The molecule has 1 aromatic rings. The van der Waals surface area contributed by atoms with E-state index in [-0.39, 0.29) is 12.4 Å². The molecule has 0 aliphatic rings.